The van der Waals surface area contributed by atoms with Crippen LogP contribution in [0.5, 0.6) is 0 Å². The van der Waals surface area contributed by atoms with E-state index in [4.69, 9.17) is 21.8 Å². The molecule has 0 saturated carbocycles. The summed E-state index contributed by atoms with van der Waals surface area (Å²) in [7, 11) is 0. The van der Waals surface area contributed by atoms with Crippen molar-refractivity contribution in [1.29, 1.82) is 0 Å². The molecule has 0 fully saturated rings. The third-order valence-electron chi connectivity index (χ3n) is 1.91. The molecule has 0 unspecified atom stereocenters. The van der Waals surface area contributed by atoms with Crippen LogP contribution in [0.4, 0.5) is 10.5 Å². The molecule has 0 spiro atoms. The molecule has 20 heavy (non-hydrogen) atoms. The number of anilines is 1. The van der Waals surface area contributed by atoms with Crippen LogP contribution in [0.3, 0.4) is 0 Å². The third-order valence-corrected chi connectivity index (χ3v) is 2.17. The van der Waals surface area contributed by atoms with Gasteiger partial charge >= 0.3 is 6.09 Å². The van der Waals surface area contributed by atoms with Crippen LogP contribution in [-0.2, 0) is 0 Å². The van der Waals surface area contributed by atoms with Gasteiger partial charge in [0.25, 0.3) is 0 Å². The number of aliphatic hydroxyl groups excluding tert-OH is 1. The fourth-order valence-corrected chi connectivity index (χ4v) is 1.21. The zero-order valence-corrected chi connectivity index (χ0v) is 11.5. The first kappa shape index (κ1) is 17.9. The lowest BCUT2D eigenvalue weighted by molar-refractivity contribution is -0.470. The van der Waals surface area contributed by atoms with Crippen molar-refractivity contribution in [1.82, 2.24) is 0 Å². The molecule has 7 nitrogen and oxygen atoms in total. The highest BCUT2D eigenvalue weighted by Crippen LogP contribution is 2.12. The number of halogens is 1. The zero-order chi connectivity index (χ0) is 15.5. The Hall–Kier alpha value is -2.12. The van der Waals surface area contributed by atoms with E-state index in [-0.39, 0.29) is 13.2 Å². The van der Waals surface area contributed by atoms with E-state index >= 15 is 0 Å². The molecule has 3 N–H and O–H groups in total. The SMILES string of the molecule is CC(=CCO)C[N+](=O)[O-].O=C(O)Nc1ccc(Cl)cc1. The van der Waals surface area contributed by atoms with E-state index in [0.29, 0.717) is 16.3 Å². The molecule has 1 rings (SSSR count). The number of carbonyl (C=O) groups is 1. The number of nitrogens with one attached hydrogen (secondary N) is 1. The van der Waals surface area contributed by atoms with Gasteiger partial charge in [-0.25, -0.2) is 4.79 Å². The number of carboxylic acid groups (broad SMARTS) is 1. The molecule has 1 aromatic carbocycles. The van der Waals surface area contributed by atoms with E-state index in [1.54, 1.807) is 31.2 Å². The summed E-state index contributed by atoms with van der Waals surface area (Å²) in [6, 6.07) is 6.42. The maximum absolute atomic E-state index is 10.1. The smallest absolute Gasteiger partial charge is 0.409 e. The van der Waals surface area contributed by atoms with Crippen LogP contribution < -0.4 is 5.32 Å². The van der Waals surface area contributed by atoms with Gasteiger partial charge in [0.15, 0.2) is 0 Å². The molecule has 0 atom stereocenters. The van der Waals surface area contributed by atoms with E-state index in [1.807, 2.05) is 0 Å². The summed E-state index contributed by atoms with van der Waals surface area (Å²) in [5.41, 5.74) is 1.10. The van der Waals surface area contributed by atoms with Gasteiger partial charge in [-0.1, -0.05) is 17.7 Å². The molecule has 8 heteroatoms. The fraction of sp³-hybridized carbons (Fsp3) is 0.250. The van der Waals surface area contributed by atoms with E-state index < -0.39 is 11.0 Å². The molecule has 0 radical (unpaired) electrons. The Morgan fingerprint density at radius 2 is 2.00 bits per heavy atom. The molecular formula is C12H15ClN2O5. The Bertz CT molecular complexity index is 473. The lowest BCUT2D eigenvalue weighted by atomic mass is 10.3. The van der Waals surface area contributed by atoms with Crippen molar-refractivity contribution in [2.24, 2.45) is 0 Å². The van der Waals surface area contributed by atoms with Crippen molar-refractivity contribution in [3.63, 3.8) is 0 Å². The van der Waals surface area contributed by atoms with Crippen molar-refractivity contribution in [3.05, 3.63) is 51.1 Å². The molecule has 0 saturated heterocycles. The van der Waals surface area contributed by atoms with Gasteiger partial charge in [0.1, 0.15) is 0 Å². The van der Waals surface area contributed by atoms with Crippen LogP contribution in [0.2, 0.25) is 5.02 Å². The number of hydrogen-bond acceptors (Lipinski definition) is 4. The van der Waals surface area contributed by atoms with Gasteiger partial charge in [-0.05, 0) is 36.8 Å². The highest BCUT2D eigenvalue weighted by molar-refractivity contribution is 6.30. The number of amides is 1. The Labute approximate surface area is 120 Å². The van der Waals surface area contributed by atoms with Crippen molar-refractivity contribution in [2.45, 2.75) is 6.92 Å². The van der Waals surface area contributed by atoms with Crippen LogP contribution in [0.1, 0.15) is 6.92 Å². The Morgan fingerprint density at radius 3 is 2.40 bits per heavy atom. The summed E-state index contributed by atoms with van der Waals surface area (Å²) < 4.78 is 0. The molecule has 0 bridgehead atoms. The number of aliphatic hydroxyl groups is 1. The molecule has 0 aliphatic rings. The average Bonchev–Trinajstić information content (AvgIpc) is 2.31. The molecular weight excluding hydrogens is 288 g/mol. The van der Waals surface area contributed by atoms with Crippen molar-refractivity contribution < 1.29 is 19.9 Å². The number of hydrogen-bond donors (Lipinski definition) is 3. The zero-order valence-electron chi connectivity index (χ0n) is 10.7. The quantitative estimate of drug-likeness (QED) is 0.449. The van der Waals surface area contributed by atoms with Gasteiger partial charge in [0.05, 0.1) is 6.61 Å². The summed E-state index contributed by atoms with van der Waals surface area (Å²) in [6.45, 7) is 1.30. The highest BCUT2D eigenvalue weighted by Gasteiger charge is 1.96. The lowest BCUT2D eigenvalue weighted by Gasteiger charge is -1.98. The molecule has 0 aliphatic heterocycles. The largest absolute Gasteiger partial charge is 0.465 e. The predicted octanol–water partition coefficient (Wildman–Crippen LogP) is 2.63. The monoisotopic (exact) mass is 302 g/mol. The minimum atomic E-state index is -1.08. The number of nitro groups is 1. The van der Waals surface area contributed by atoms with E-state index in [1.165, 1.54) is 6.08 Å². The maximum Gasteiger partial charge on any atom is 0.409 e. The van der Waals surface area contributed by atoms with E-state index in [9.17, 15) is 14.9 Å². The normalized spacial score (nSPS) is 10.2. The maximum atomic E-state index is 10.1. The molecule has 0 aliphatic carbocycles. The summed E-state index contributed by atoms with van der Waals surface area (Å²) in [4.78, 5) is 19.4. The Balaban J connectivity index is 0.000000370. The number of rotatable bonds is 4. The molecule has 0 heterocycles. The van der Waals surface area contributed by atoms with E-state index in [0.717, 1.165) is 0 Å². The molecule has 1 aromatic rings. The first-order valence-electron chi connectivity index (χ1n) is 5.49. The van der Waals surface area contributed by atoms with Gasteiger partial charge in [-0.3, -0.25) is 15.4 Å². The topological polar surface area (TPSA) is 113 Å². The van der Waals surface area contributed by atoms with Gasteiger partial charge in [0.2, 0.25) is 6.54 Å². The second kappa shape index (κ2) is 9.76. The average molecular weight is 303 g/mol. The summed E-state index contributed by atoms with van der Waals surface area (Å²) in [5, 5.41) is 29.1. The number of benzene rings is 1. The Morgan fingerprint density at radius 1 is 1.45 bits per heavy atom. The second-order valence-electron chi connectivity index (χ2n) is 3.66. The molecule has 1 amide bonds. The van der Waals surface area contributed by atoms with Crippen molar-refractivity contribution in [3.8, 4) is 0 Å². The van der Waals surface area contributed by atoms with Gasteiger partial charge in [-0.15, -0.1) is 0 Å². The fourth-order valence-electron chi connectivity index (χ4n) is 1.08. The van der Waals surface area contributed by atoms with Crippen molar-refractivity contribution in [2.75, 3.05) is 18.5 Å². The number of nitrogens with zero attached hydrogens (tertiary/aromatic N) is 1. The van der Waals surface area contributed by atoms with Crippen LogP contribution in [-0.4, -0.2) is 34.4 Å². The van der Waals surface area contributed by atoms with Crippen LogP contribution in [0, 0.1) is 10.1 Å². The summed E-state index contributed by atoms with van der Waals surface area (Å²) in [6.07, 6.45) is 0.343. The van der Waals surface area contributed by atoms with Crippen LogP contribution in [0.15, 0.2) is 35.9 Å². The predicted molar refractivity (Wildman–Crippen MR) is 75.8 cm³/mol. The first-order chi connectivity index (χ1) is 9.35. The highest BCUT2D eigenvalue weighted by atomic mass is 35.5. The third kappa shape index (κ3) is 9.86. The van der Waals surface area contributed by atoms with Gasteiger partial charge < -0.3 is 10.2 Å². The van der Waals surface area contributed by atoms with Gasteiger partial charge in [-0.2, -0.15) is 0 Å². The minimum absolute atomic E-state index is 0.125. The van der Waals surface area contributed by atoms with Gasteiger partial charge in [0, 0.05) is 15.6 Å². The minimum Gasteiger partial charge on any atom is -0.465 e. The lowest BCUT2D eigenvalue weighted by Crippen LogP contribution is -2.06. The summed E-state index contributed by atoms with van der Waals surface area (Å²) >= 11 is 5.57. The molecule has 110 valence electrons. The standard InChI is InChI=1S/C7H6ClNO2.C5H9NO3/c8-5-1-3-6(4-2-5)9-7(10)11;1-5(2-3-7)4-6(8)9/h1-4,9H,(H,10,11);2,7H,3-4H2,1H3. The Kier molecular flexibility index (Phi) is 8.73. The second-order valence-corrected chi connectivity index (χ2v) is 4.10. The van der Waals surface area contributed by atoms with Crippen LogP contribution >= 0.6 is 11.6 Å². The van der Waals surface area contributed by atoms with Crippen LogP contribution in [0.25, 0.3) is 0 Å². The van der Waals surface area contributed by atoms with E-state index in [2.05, 4.69) is 5.32 Å². The molecule has 0 aromatic heterocycles. The first-order valence-corrected chi connectivity index (χ1v) is 5.86. The summed E-state index contributed by atoms with van der Waals surface area (Å²) in [5.74, 6) is 0. The van der Waals surface area contributed by atoms with Crippen molar-refractivity contribution >= 4 is 23.4 Å².